The summed E-state index contributed by atoms with van der Waals surface area (Å²) in [6.45, 7) is 2.33. The molecule has 0 radical (unpaired) electrons. The summed E-state index contributed by atoms with van der Waals surface area (Å²) >= 11 is 1.28. The maximum absolute atomic E-state index is 12.4. The molecule has 0 aliphatic carbocycles. The molecule has 0 unspecified atom stereocenters. The summed E-state index contributed by atoms with van der Waals surface area (Å²) in [5, 5.41) is 14.5. The first-order chi connectivity index (χ1) is 15.0. The van der Waals surface area contributed by atoms with Gasteiger partial charge in [-0.15, -0.1) is 10.2 Å². The molecule has 1 aliphatic heterocycles. The number of rotatable bonds is 7. The Hall–Kier alpha value is -3.53. The quantitative estimate of drug-likeness (QED) is 0.545. The zero-order valence-electron chi connectivity index (χ0n) is 17.0. The standard InChI is InChI=1S/C21H21N5O4S/c1-13-4-3-5-15(8-13)23-19(27)11-31-21-25-24-18(26(21)2)10-22-20(28)14-6-7-16-17(9-14)30-12-29-16/h3-9H,10-12H2,1-2H3,(H,22,28)(H,23,27). The highest BCUT2D eigenvalue weighted by atomic mass is 32.2. The zero-order chi connectivity index (χ0) is 21.8. The fourth-order valence-electron chi connectivity index (χ4n) is 2.97. The topological polar surface area (TPSA) is 107 Å². The monoisotopic (exact) mass is 439 g/mol. The number of ether oxygens (including phenoxy) is 2. The smallest absolute Gasteiger partial charge is 0.251 e. The van der Waals surface area contributed by atoms with E-state index in [2.05, 4.69) is 20.8 Å². The van der Waals surface area contributed by atoms with E-state index in [-0.39, 0.29) is 30.9 Å². The van der Waals surface area contributed by atoms with E-state index in [0.717, 1.165) is 11.3 Å². The van der Waals surface area contributed by atoms with Crippen molar-refractivity contribution in [1.29, 1.82) is 0 Å². The van der Waals surface area contributed by atoms with Gasteiger partial charge in [0.1, 0.15) is 0 Å². The molecular weight excluding hydrogens is 418 g/mol. The number of fused-ring (bicyclic) bond motifs is 1. The van der Waals surface area contributed by atoms with Gasteiger partial charge < -0.3 is 24.7 Å². The molecule has 1 aromatic heterocycles. The van der Waals surface area contributed by atoms with Crippen LogP contribution < -0.4 is 20.1 Å². The van der Waals surface area contributed by atoms with Crippen LogP contribution in [0, 0.1) is 6.92 Å². The van der Waals surface area contributed by atoms with Crippen LogP contribution in [-0.4, -0.2) is 39.1 Å². The van der Waals surface area contributed by atoms with Crippen molar-refractivity contribution in [3.63, 3.8) is 0 Å². The fourth-order valence-corrected chi connectivity index (χ4v) is 3.70. The summed E-state index contributed by atoms with van der Waals surface area (Å²) in [4.78, 5) is 24.6. The van der Waals surface area contributed by atoms with Crippen LogP contribution >= 0.6 is 11.8 Å². The van der Waals surface area contributed by atoms with Gasteiger partial charge in [-0.25, -0.2) is 0 Å². The van der Waals surface area contributed by atoms with Crippen LogP contribution in [-0.2, 0) is 18.4 Å². The minimum Gasteiger partial charge on any atom is -0.454 e. The normalized spacial score (nSPS) is 11.9. The largest absolute Gasteiger partial charge is 0.454 e. The second kappa shape index (κ2) is 9.09. The molecule has 10 heteroatoms. The molecule has 160 valence electrons. The van der Waals surface area contributed by atoms with Crippen molar-refractivity contribution >= 4 is 29.3 Å². The van der Waals surface area contributed by atoms with Crippen molar-refractivity contribution in [3.05, 3.63) is 59.4 Å². The van der Waals surface area contributed by atoms with Gasteiger partial charge in [0.15, 0.2) is 22.5 Å². The lowest BCUT2D eigenvalue weighted by molar-refractivity contribution is -0.113. The molecule has 3 aromatic rings. The Labute approximate surface area is 183 Å². The van der Waals surface area contributed by atoms with Crippen LogP contribution in [0.4, 0.5) is 5.69 Å². The Kier molecular flexibility index (Phi) is 6.08. The molecule has 0 atom stereocenters. The highest BCUT2D eigenvalue weighted by Gasteiger charge is 2.17. The third-order valence-corrected chi connectivity index (χ3v) is 5.62. The average Bonchev–Trinajstić information content (AvgIpc) is 3.36. The minimum atomic E-state index is -0.256. The summed E-state index contributed by atoms with van der Waals surface area (Å²) in [5.74, 6) is 1.57. The highest BCUT2D eigenvalue weighted by molar-refractivity contribution is 7.99. The van der Waals surface area contributed by atoms with Crippen LogP contribution in [0.1, 0.15) is 21.7 Å². The molecule has 2 aromatic carbocycles. The molecule has 2 heterocycles. The summed E-state index contributed by atoms with van der Waals surface area (Å²) in [6, 6.07) is 12.6. The summed E-state index contributed by atoms with van der Waals surface area (Å²) < 4.78 is 12.3. The average molecular weight is 439 g/mol. The first kappa shape index (κ1) is 20.7. The van der Waals surface area contributed by atoms with Crippen LogP contribution in [0.3, 0.4) is 0 Å². The lowest BCUT2D eigenvalue weighted by Crippen LogP contribution is -2.24. The van der Waals surface area contributed by atoms with E-state index in [1.807, 2.05) is 31.2 Å². The molecule has 4 rings (SSSR count). The maximum Gasteiger partial charge on any atom is 0.251 e. The third kappa shape index (κ3) is 4.97. The number of aromatic nitrogens is 3. The van der Waals surface area contributed by atoms with Gasteiger partial charge in [-0.2, -0.15) is 0 Å². The predicted molar refractivity (Wildman–Crippen MR) is 115 cm³/mol. The number of thioether (sulfide) groups is 1. The molecule has 0 spiro atoms. The number of hydrogen-bond donors (Lipinski definition) is 2. The second-order valence-corrected chi connectivity index (χ2v) is 7.86. The van der Waals surface area contributed by atoms with E-state index in [1.165, 1.54) is 11.8 Å². The van der Waals surface area contributed by atoms with E-state index in [4.69, 9.17) is 9.47 Å². The van der Waals surface area contributed by atoms with Gasteiger partial charge in [0.2, 0.25) is 12.7 Å². The summed E-state index contributed by atoms with van der Waals surface area (Å²) in [7, 11) is 1.79. The molecule has 9 nitrogen and oxygen atoms in total. The van der Waals surface area contributed by atoms with E-state index in [1.54, 1.807) is 29.8 Å². The van der Waals surface area contributed by atoms with Crippen molar-refractivity contribution in [2.75, 3.05) is 17.9 Å². The third-order valence-electron chi connectivity index (χ3n) is 4.60. The van der Waals surface area contributed by atoms with Crippen molar-refractivity contribution < 1.29 is 19.1 Å². The first-order valence-electron chi connectivity index (χ1n) is 9.55. The molecule has 31 heavy (non-hydrogen) atoms. The highest BCUT2D eigenvalue weighted by Crippen LogP contribution is 2.32. The lowest BCUT2D eigenvalue weighted by atomic mass is 10.2. The molecule has 0 saturated heterocycles. The number of anilines is 1. The van der Waals surface area contributed by atoms with Crippen molar-refractivity contribution in [3.8, 4) is 11.5 Å². The maximum atomic E-state index is 12.4. The van der Waals surface area contributed by atoms with E-state index < -0.39 is 0 Å². The van der Waals surface area contributed by atoms with Gasteiger partial charge in [0, 0.05) is 18.3 Å². The van der Waals surface area contributed by atoms with Crippen LogP contribution in [0.15, 0.2) is 47.6 Å². The van der Waals surface area contributed by atoms with E-state index in [9.17, 15) is 9.59 Å². The molecule has 0 saturated carbocycles. The van der Waals surface area contributed by atoms with Crippen molar-refractivity contribution in [2.24, 2.45) is 7.05 Å². The van der Waals surface area contributed by atoms with Crippen LogP contribution in [0.5, 0.6) is 11.5 Å². The van der Waals surface area contributed by atoms with Gasteiger partial charge >= 0.3 is 0 Å². The van der Waals surface area contributed by atoms with Gasteiger partial charge in [-0.1, -0.05) is 23.9 Å². The van der Waals surface area contributed by atoms with Crippen molar-refractivity contribution in [1.82, 2.24) is 20.1 Å². The van der Waals surface area contributed by atoms with Crippen molar-refractivity contribution in [2.45, 2.75) is 18.6 Å². The molecule has 0 bridgehead atoms. The van der Waals surface area contributed by atoms with E-state index >= 15 is 0 Å². The number of hydrogen-bond acceptors (Lipinski definition) is 7. The molecule has 2 N–H and O–H groups in total. The Bertz CT molecular complexity index is 1130. The molecule has 0 fully saturated rings. The predicted octanol–water partition coefficient (Wildman–Crippen LogP) is 2.51. The minimum absolute atomic E-state index is 0.128. The number of nitrogens with one attached hydrogen (secondary N) is 2. The summed E-state index contributed by atoms with van der Waals surface area (Å²) in [6.07, 6.45) is 0. The van der Waals surface area contributed by atoms with Gasteiger partial charge in [-0.05, 0) is 42.8 Å². The van der Waals surface area contributed by atoms with Crippen LogP contribution in [0.2, 0.25) is 0 Å². The fraction of sp³-hybridized carbons (Fsp3) is 0.238. The number of nitrogens with zero attached hydrogens (tertiary/aromatic N) is 3. The summed E-state index contributed by atoms with van der Waals surface area (Å²) in [5.41, 5.74) is 2.30. The first-order valence-corrected chi connectivity index (χ1v) is 10.5. The Morgan fingerprint density at radius 1 is 1.13 bits per heavy atom. The Morgan fingerprint density at radius 3 is 2.81 bits per heavy atom. The van der Waals surface area contributed by atoms with Crippen LogP contribution in [0.25, 0.3) is 0 Å². The van der Waals surface area contributed by atoms with E-state index in [0.29, 0.717) is 28.0 Å². The number of aryl methyl sites for hydroxylation is 1. The Morgan fingerprint density at radius 2 is 1.97 bits per heavy atom. The molecular formula is C21H21N5O4S. The number of carbonyl (C=O) groups excluding carboxylic acids is 2. The lowest BCUT2D eigenvalue weighted by Gasteiger charge is -2.07. The number of carbonyl (C=O) groups is 2. The number of benzene rings is 2. The van der Waals surface area contributed by atoms with Gasteiger partial charge in [0.05, 0.1) is 12.3 Å². The number of amides is 2. The zero-order valence-corrected chi connectivity index (χ0v) is 17.9. The van der Waals surface area contributed by atoms with Gasteiger partial charge in [-0.3, -0.25) is 9.59 Å². The van der Waals surface area contributed by atoms with Gasteiger partial charge in [0.25, 0.3) is 5.91 Å². The second-order valence-electron chi connectivity index (χ2n) is 6.91. The Balaban J connectivity index is 1.29. The molecule has 1 aliphatic rings. The SMILES string of the molecule is Cc1cccc(NC(=O)CSc2nnc(CNC(=O)c3ccc4c(c3)OCO4)n2C)c1. The molecule has 2 amide bonds.